The highest BCUT2D eigenvalue weighted by Gasteiger charge is 2.08. The molecule has 8 nitrogen and oxygen atoms in total. The van der Waals surface area contributed by atoms with Crippen LogP contribution in [0.5, 0.6) is 0 Å². The molecule has 1 aromatic carbocycles. The van der Waals surface area contributed by atoms with E-state index in [1.54, 1.807) is 12.1 Å². The Labute approximate surface area is 148 Å². The summed E-state index contributed by atoms with van der Waals surface area (Å²) in [5.41, 5.74) is 0.896. The zero-order valence-corrected chi connectivity index (χ0v) is 14.5. The summed E-state index contributed by atoms with van der Waals surface area (Å²) in [7, 11) is 0. The summed E-state index contributed by atoms with van der Waals surface area (Å²) < 4.78 is 0. The first-order valence-corrected chi connectivity index (χ1v) is 8.83. The van der Waals surface area contributed by atoms with E-state index >= 15 is 0 Å². The molecule has 1 amide bonds. The number of piperazine rings is 1. The predicted molar refractivity (Wildman–Crippen MR) is 97.8 cm³/mol. The molecule has 0 bridgehead atoms. The van der Waals surface area contributed by atoms with Crippen molar-refractivity contribution in [2.75, 3.05) is 51.1 Å². The fourth-order valence-corrected chi connectivity index (χ4v) is 2.74. The number of non-ortho nitro benzene ring substituents is 1. The van der Waals surface area contributed by atoms with Crippen LogP contribution in [-0.2, 0) is 4.79 Å². The Balaban J connectivity index is 1.49. The van der Waals surface area contributed by atoms with Gasteiger partial charge in [0.15, 0.2) is 0 Å². The van der Waals surface area contributed by atoms with Crippen LogP contribution < -0.4 is 16.0 Å². The lowest BCUT2D eigenvalue weighted by Gasteiger charge is -2.27. The van der Waals surface area contributed by atoms with E-state index < -0.39 is 4.92 Å². The maximum absolute atomic E-state index is 11.8. The normalized spacial score (nSPS) is 14.9. The van der Waals surface area contributed by atoms with Gasteiger partial charge in [-0.25, -0.2) is 0 Å². The molecular weight excluding hydrogens is 322 g/mol. The van der Waals surface area contributed by atoms with Gasteiger partial charge in [0, 0.05) is 63.5 Å². The monoisotopic (exact) mass is 349 g/mol. The van der Waals surface area contributed by atoms with Gasteiger partial charge in [-0.1, -0.05) is 0 Å². The highest BCUT2D eigenvalue weighted by molar-refractivity contribution is 5.75. The fraction of sp³-hybridized carbons (Fsp3) is 0.588. The molecule has 1 saturated heterocycles. The molecule has 1 fully saturated rings. The number of nitrogens with zero attached hydrogens (tertiary/aromatic N) is 2. The van der Waals surface area contributed by atoms with E-state index in [0.717, 1.165) is 57.8 Å². The maximum Gasteiger partial charge on any atom is 0.269 e. The van der Waals surface area contributed by atoms with Crippen molar-refractivity contribution in [1.29, 1.82) is 0 Å². The SMILES string of the molecule is O=C(CCCNc1ccc([N+](=O)[O-])cc1)NCCCN1CCNCC1. The van der Waals surface area contributed by atoms with E-state index in [4.69, 9.17) is 0 Å². The zero-order valence-electron chi connectivity index (χ0n) is 14.5. The minimum Gasteiger partial charge on any atom is -0.385 e. The summed E-state index contributed by atoms with van der Waals surface area (Å²) in [5, 5.41) is 20.0. The van der Waals surface area contributed by atoms with E-state index in [-0.39, 0.29) is 11.6 Å². The third kappa shape index (κ3) is 7.49. The molecule has 0 spiro atoms. The van der Waals surface area contributed by atoms with Crippen LogP contribution in [0.3, 0.4) is 0 Å². The molecule has 1 aliphatic heterocycles. The predicted octanol–water partition coefficient (Wildman–Crippen LogP) is 1.20. The number of nitrogens with one attached hydrogen (secondary N) is 3. The van der Waals surface area contributed by atoms with Crippen molar-refractivity contribution in [3.8, 4) is 0 Å². The molecule has 138 valence electrons. The van der Waals surface area contributed by atoms with Gasteiger partial charge in [0.1, 0.15) is 0 Å². The van der Waals surface area contributed by atoms with Crippen LogP contribution in [0.25, 0.3) is 0 Å². The van der Waals surface area contributed by atoms with E-state index in [2.05, 4.69) is 20.9 Å². The summed E-state index contributed by atoms with van der Waals surface area (Å²) >= 11 is 0. The standard InChI is InChI=1S/C17H27N5O3/c23-17(20-9-2-12-21-13-10-18-11-14-21)3-1-8-19-15-4-6-16(7-5-15)22(24)25/h4-7,18-19H,1-3,8-14H2,(H,20,23). The molecule has 1 aromatic rings. The summed E-state index contributed by atoms with van der Waals surface area (Å²) in [4.78, 5) is 24.4. The Hall–Kier alpha value is -2.19. The average molecular weight is 349 g/mol. The number of nitro benzene ring substituents is 1. The van der Waals surface area contributed by atoms with Gasteiger partial charge in [-0.3, -0.25) is 14.9 Å². The zero-order chi connectivity index (χ0) is 17.9. The van der Waals surface area contributed by atoms with Gasteiger partial charge >= 0.3 is 0 Å². The van der Waals surface area contributed by atoms with Crippen molar-refractivity contribution in [2.24, 2.45) is 0 Å². The van der Waals surface area contributed by atoms with Gasteiger partial charge in [-0.05, 0) is 31.5 Å². The second kappa shape index (κ2) is 10.6. The quantitative estimate of drug-likeness (QED) is 0.333. The maximum atomic E-state index is 11.8. The average Bonchev–Trinajstić information content (AvgIpc) is 2.63. The smallest absolute Gasteiger partial charge is 0.269 e. The second-order valence-corrected chi connectivity index (χ2v) is 6.13. The number of amides is 1. The van der Waals surface area contributed by atoms with Crippen molar-refractivity contribution in [2.45, 2.75) is 19.3 Å². The number of anilines is 1. The molecule has 2 rings (SSSR count). The van der Waals surface area contributed by atoms with Crippen molar-refractivity contribution >= 4 is 17.3 Å². The molecule has 0 aliphatic carbocycles. The number of benzene rings is 1. The van der Waals surface area contributed by atoms with Gasteiger partial charge in [-0.15, -0.1) is 0 Å². The van der Waals surface area contributed by atoms with Gasteiger partial charge in [0.05, 0.1) is 4.92 Å². The van der Waals surface area contributed by atoms with Gasteiger partial charge in [0.2, 0.25) is 5.91 Å². The second-order valence-electron chi connectivity index (χ2n) is 6.13. The number of nitro groups is 1. The van der Waals surface area contributed by atoms with E-state index in [1.807, 2.05) is 0 Å². The highest BCUT2D eigenvalue weighted by Crippen LogP contribution is 2.15. The van der Waals surface area contributed by atoms with Crippen molar-refractivity contribution in [3.05, 3.63) is 34.4 Å². The lowest BCUT2D eigenvalue weighted by Crippen LogP contribution is -2.44. The molecule has 0 radical (unpaired) electrons. The third-order valence-electron chi connectivity index (χ3n) is 4.17. The van der Waals surface area contributed by atoms with Crippen molar-refractivity contribution in [1.82, 2.24) is 15.5 Å². The molecule has 0 atom stereocenters. The van der Waals surface area contributed by atoms with Crippen LogP contribution in [0, 0.1) is 10.1 Å². The Bertz CT molecular complexity index is 544. The molecular formula is C17H27N5O3. The molecule has 0 saturated carbocycles. The highest BCUT2D eigenvalue weighted by atomic mass is 16.6. The number of hydrogen-bond donors (Lipinski definition) is 3. The summed E-state index contributed by atoms with van der Waals surface area (Å²) in [6, 6.07) is 6.28. The van der Waals surface area contributed by atoms with Gasteiger partial charge < -0.3 is 20.9 Å². The third-order valence-corrected chi connectivity index (χ3v) is 4.17. The Morgan fingerprint density at radius 1 is 1.16 bits per heavy atom. The first kappa shape index (κ1) is 19.1. The van der Waals surface area contributed by atoms with Crippen molar-refractivity contribution < 1.29 is 9.72 Å². The van der Waals surface area contributed by atoms with Gasteiger partial charge in [0.25, 0.3) is 5.69 Å². The first-order chi connectivity index (χ1) is 12.1. The number of hydrogen-bond acceptors (Lipinski definition) is 6. The van der Waals surface area contributed by atoms with Crippen LogP contribution in [-0.4, -0.2) is 61.5 Å². The minimum atomic E-state index is -0.420. The molecule has 1 heterocycles. The molecule has 8 heteroatoms. The summed E-state index contributed by atoms with van der Waals surface area (Å²) in [6.07, 6.45) is 2.18. The fourth-order valence-electron chi connectivity index (χ4n) is 2.74. The van der Waals surface area contributed by atoms with Crippen molar-refractivity contribution in [3.63, 3.8) is 0 Å². The van der Waals surface area contributed by atoms with Crippen LogP contribution in [0.4, 0.5) is 11.4 Å². The summed E-state index contributed by atoms with van der Waals surface area (Å²) in [6.45, 7) is 6.68. The summed E-state index contributed by atoms with van der Waals surface area (Å²) in [5.74, 6) is 0.0748. The van der Waals surface area contributed by atoms with E-state index in [9.17, 15) is 14.9 Å². The van der Waals surface area contributed by atoms with E-state index in [0.29, 0.717) is 13.0 Å². The van der Waals surface area contributed by atoms with Crippen LogP contribution >= 0.6 is 0 Å². The van der Waals surface area contributed by atoms with Crippen LogP contribution in [0.15, 0.2) is 24.3 Å². The Kier molecular flexibility index (Phi) is 8.14. The van der Waals surface area contributed by atoms with Crippen LogP contribution in [0.1, 0.15) is 19.3 Å². The Morgan fingerprint density at radius 3 is 2.56 bits per heavy atom. The molecule has 0 aromatic heterocycles. The number of carbonyl (C=O) groups is 1. The van der Waals surface area contributed by atoms with Crippen LogP contribution in [0.2, 0.25) is 0 Å². The molecule has 0 unspecified atom stereocenters. The number of rotatable bonds is 10. The molecule has 1 aliphatic rings. The lowest BCUT2D eigenvalue weighted by atomic mass is 10.2. The van der Waals surface area contributed by atoms with Gasteiger partial charge in [-0.2, -0.15) is 0 Å². The molecule has 3 N–H and O–H groups in total. The topological polar surface area (TPSA) is 99.5 Å². The largest absolute Gasteiger partial charge is 0.385 e. The first-order valence-electron chi connectivity index (χ1n) is 8.83. The Morgan fingerprint density at radius 2 is 1.88 bits per heavy atom. The lowest BCUT2D eigenvalue weighted by molar-refractivity contribution is -0.384. The minimum absolute atomic E-state index is 0.0748. The molecule has 25 heavy (non-hydrogen) atoms. The number of carbonyl (C=O) groups excluding carboxylic acids is 1. The van der Waals surface area contributed by atoms with E-state index in [1.165, 1.54) is 12.1 Å².